The number of rotatable bonds is 0. The first-order valence-electron chi connectivity index (χ1n) is 9.97. The Kier molecular flexibility index (Phi) is 8.45. The lowest BCUT2D eigenvalue weighted by atomic mass is 10.2. The van der Waals surface area contributed by atoms with Gasteiger partial charge < -0.3 is 25.4 Å². The number of para-hydroxylation sites is 2. The minimum Gasteiger partial charge on any atom is -0.493 e. The van der Waals surface area contributed by atoms with Crippen molar-refractivity contribution in [2.75, 3.05) is 39.4 Å². The van der Waals surface area contributed by atoms with Crippen LogP contribution in [0.15, 0.2) is 48.5 Å². The monoisotopic (exact) mass is 369 g/mol. The highest BCUT2D eigenvalue weighted by Crippen LogP contribution is 2.19. The molecule has 27 heavy (non-hydrogen) atoms. The highest BCUT2D eigenvalue weighted by atomic mass is 16.5. The van der Waals surface area contributed by atoms with E-state index in [-0.39, 0.29) is 0 Å². The Morgan fingerprint density at radius 3 is 1.52 bits per heavy atom. The second-order valence-corrected chi connectivity index (χ2v) is 6.72. The summed E-state index contributed by atoms with van der Waals surface area (Å²) < 4.78 is 12.0. The van der Waals surface area contributed by atoms with Crippen molar-refractivity contribution in [3.63, 3.8) is 0 Å². The number of fused-ring (bicyclic) bond motifs is 2. The number of nitrogens with one attached hydrogen (secondary N) is 3. The molecule has 3 N–H and O–H groups in total. The summed E-state index contributed by atoms with van der Waals surface area (Å²) in [6, 6.07) is 16.5. The summed E-state index contributed by atoms with van der Waals surface area (Å²) in [5.41, 5.74) is 2.42. The summed E-state index contributed by atoms with van der Waals surface area (Å²) >= 11 is 0. The second kappa shape index (κ2) is 11.6. The third kappa shape index (κ3) is 6.86. The van der Waals surface area contributed by atoms with Crippen molar-refractivity contribution in [3.8, 4) is 11.5 Å². The summed E-state index contributed by atoms with van der Waals surface area (Å²) in [7, 11) is 0. The van der Waals surface area contributed by atoms with Gasteiger partial charge in [-0.2, -0.15) is 0 Å². The average molecular weight is 370 g/mol. The van der Waals surface area contributed by atoms with Crippen LogP contribution >= 0.6 is 0 Å². The predicted octanol–water partition coefficient (Wildman–Crippen LogP) is 2.71. The van der Waals surface area contributed by atoms with E-state index >= 15 is 0 Å². The molecule has 0 saturated carbocycles. The highest BCUT2D eigenvalue weighted by Gasteiger charge is 2.05. The molecule has 5 nitrogen and oxygen atoms in total. The Labute approximate surface area is 162 Å². The largest absolute Gasteiger partial charge is 0.493 e. The van der Waals surface area contributed by atoms with Gasteiger partial charge in [0.05, 0.1) is 13.2 Å². The molecule has 0 bridgehead atoms. The maximum Gasteiger partial charge on any atom is 0.123 e. The van der Waals surface area contributed by atoms with E-state index in [9.17, 15) is 0 Å². The van der Waals surface area contributed by atoms with Crippen molar-refractivity contribution in [1.29, 1.82) is 0 Å². The van der Waals surface area contributed by atoms with Crippen molar-refractivity contribution in [1.82, 2.24) is 16.0 Å². The van der Waals surface area contributed by atoms with Gasteiger partial charge in [-0.1, -0.05) is 36.4 Å². The van der Waals surface area contributed by atoms with Gasteiger partial charge in [-0.05, 0) is 25.0 Å². The Hall–Kier alpha value is -2.08. The molecule has 0 unspecified atom stereocenters. The summed E-state index contributed by atoms with van der Waals surface area (Å²) in [5, 5.41) is 10.4. The quantitative estimate of drug-likeness (QED) is 0.667. The van der Waals surface area contributed by atoms with E-state index in [1.165, 1.54) is 11.1 Å². The fourth-order valence-electron chi connectivity index (χ4n) is 3.07. The Bertz CT molecular complexity index is 621. The van der Waals surface area contributed by atoms with E-state index in [0.29, 0.717) is 13.2 Å². The van der Waals surface area contributed by atoms with Crippen LogP contribution in [0.25, 0.3) is 0 Å². The van der Waals surface area contributed by atoms with E-state index in [4.69, 9.17) is 9.47 Å². The van der Waals surface area contributed by atoms with E-state index in [2.05, 4.69) is 52.3 Å². The Balaban J connectivity index is 1.56. The zero-order chi connectivity index (χ0) is 18.6. The van der Waals surface area contributed by atoms with Crippen LogP contribution in [0.5, 0.6) is 11.5 Å². The smallest absolute Gasteiger partial charge is 0.123 e. The number of ether oxygens (including phenoxy) is 2. The molecule has 3 rings (SSSR count). The van der Waals surface area contributed by atoms with Crippen LogP contribution in [0.2, 0.25) is 0 Å². The summed E-state index contributed by atoms with van der Waals surface area (Å²) in [4.78, 5) is 0. The third-order valence-electron chi connectivity index (χ3n) is 4.59. The molecule has 0 spiro atoms. The van der Waals surface area contributed by atoms with Gasteiger partial charge in [-0.25, -0.2) is 0 Å². The molecule has 2 aromatic carbocycles. The van der Waals surface area contributed by atoms with Crippen LogP contribution < -0.4 is 25.4 Å². The molecule has 146 valence electrons. The Morgan fingerprint density at radius 2 is 1.00 bits per heavy atom. The number of hydrogen-bond donors (Lipinski definition) is 3. The van der Waals surface area contributed by atoms with Crippen LogP contribution in [0.1, 0.15) is 24.0 Å². The molecule has 1 aliphatic rings. The van der Waals surface area contributed by atoms with Crippen LogP contribution in [-0.4, -0.2) is 39.4 Å². The minimum absolute atomic E-state index is 0.713. The van der Waals surface area contributed by atoms with Crippen LogP contribution in [0.4, 0.5) is 0 Å². The van der Waals surface area contributed by atoms with E-state index in [0.717, 1.165) is 63.6 Å². The molecular weight excluding hydrogens is 338 g/mol. The van der Waals surface area contributed by atoms with Crippen LogP contribution in [0, 0.1) is 0 Å². The van der Waals surface area contributed by atoms with Gasteiger partial charge in [-0.15, -0.1) is 0 Å². The lowest BCUT2D eigenvalue weighted by molar-refractivity contribution is 0.263. The molecule has 0 aliphatic carbocycles. The van der Waals surface area contributed by atoms with Crippen LogP contribution in [-0.2, 0) is 13.1 Å². The maximum absolute atomic E-state index is 6.00. The predicted molar refractivity (Wildman–Crippen MR) is 109 cm³/mol. The molecule has 5 heteroatoms. The summed E-state index contributed by atoms with van der Waals surface area (Å²) in [6.07, 6.45) is 1.96. The van der Waals surface area contributed by atoms with Gasteiger partial charge in [0.15, 0.2) is 0 Å². The fourth-order valence-corrected chi connectivity index (χ4v) is 3.07. The van der Waals surface area contributed by atoms with E-state index in [1.54, 1.807) is 0 Å². The standard InChI is InChI=1S/C22H31N3O2/c1-3-9-21-19(7-1)17-24-13-11-23-12-14-25-18-20-8-2-4-10-22(20)27-16-6-5-15-26-21/h1-4,7-10,23-25H,5-6,11-18H2. The molecule has 0 fully saturated rings. The van der Waals surface area contributed by atoms with Gasteiger partial charge in [0.1, 0.15) is 11.5 Å². The van der Waals surface area contributed by atoms with Crippen molar-refractivity contribution in [2.45, 2.75) is 25.9 Å². The molecule has 0 amide bonds. The van der Waals surface area contributed by atoms with Crippen LogP contribution in [0.3, 0.4) is 0 Å². The highest BCUT2D eigenvalue weighted by molar-refractivity contribution is 5.34. The van der Waals surface area contributed by atoms with Crippen molar-refractivity contribution in [3.05, 3.63) is 59.7 Å². The molecule has 0 radical (unpaired) electrons. The lowest BCUT2D eigenvalue weighted by Gasteiger charge is -2.13. The molecule has 1 heterocycles. The first kappa shape index (κ1) is 19.7. The third-order valence-corrected chi connectivity index (χ3v) is 4.59. The minimum atomic E-state index is 0.713. The van der Waals surface area contributed by atoms with Gasteiger partial charge in [0, 0.05) is 50.4 Å². The molecule has 0 saturated heterocycles. The summed E-state index contributed by atoms with van der Waals surface area (Å²) in [5.74, 6) is 1.96. The SMILES string of the molecule is c1ccc2c(c1)CNCCNCCNCc1ccccc1OCCCCO2. The lowest BCUT2D eigenvalue weighted by Crippen LogP contribution is -2.32. The number of hydrogen-bond acceptors (Lipinski definition) is 5. The Morgan fingerprint density at radius 1 is 0.556 bits per heavy atom. The van der Waals surface area contributed by atoms with E-state index in [1.807, 2.05) is 12.1 Å². The van der Waals surface area contributed by atoms with Crippen molar-refractivity contribution < 1.29 is 9.47 Å². The zero-order valence-corrected chi connectivity index (χ0v) is 16.0. The van der Waals surface area contributed by atoms with Gasteiger partial charge in [-0.3, -0.25) is 0 Å². The van der Waals surface area contributed by atoms with Gasteiger partial charge >= 0.3 is 0 Å². The van der Waals surface area contributed by atoms with Gasteiger partial charge in [0.2, 0.25) is 0 Å². The second-order valence-electron chi connectivity index (χ2n) is 6.72. The molecule has 2 aromatic rings. The number of benzene rings is 2. The molecule has 0 aromatic heterocycles. The zero-order valence-electron chi connectivity index (χ0n) is 16.0. The van der Waals surface area contributed by atoms with Crippen molar-refractivity contribution >= 4 is 0 Å². The first-order chi connectivity index (χ1) is 13.4. The normalized spacial score (nSPS) is 17.8. The fraction of sp³-hybridized carbons (Fsp3) is 0.455. The van der Waals surface area contributed by atoms with E-state index < -0.39 is 0 Å². The molecule has 0 atom stereocenters. The molecular formula is C22H31N3O2. The molecule has 1 aliphatic heterocycles. The topological polar surface area (TPSA) is 54.5 Å². The van der Waals surface area contributed by atoms with Gasteiger partial charge in [0.25, 0.3) is 0 Å². The maximum atomic E-state index is 6.00. The van der Waals surface area contributed by atoms with Crippen molar-refractivity contribution in [2.24, 2.45) is 0 Å². The summed E-state index contributed by atoms with van der Waals surface area (Å²) in [6.45, 7) is 6.85. The average Bonchev–Trinajstić information content (AvgIpc) is 2.70. The first-order valence-corrected chi connectivity index (χ1v) is 9.97.